The number of hydrogen-bond acceptors (Lipinski definition) is 1. The molecular weight excluding hydrogens is 158 g/mol. The van der Waals surface area contributed by atoms with Crippen molar-refractivity contribution in [2.75, 3.05) is 6.54 Å². The van der Waals surface area contributed by atoms with E-state index in [1.807, 2.05) is 0 Å². The Labute approximate surface area is 83.3 Å². The van der Waals surface area contributed by atoms with Gasteiger partial charge in [0.15, 0.2) is 0 Å². The summed E-state index contributed by atoms with van der Waals surface area (Å²) in [5.41, 5.74) is 0.477. The van der Waals surface area contributed by atoms with Gasteiger partial charge in [0, 0.05) is 5.54 Å². The van der Waals surface area contributed by atoms with E-state index in [2.05, 4.69) is 26.1 Å². The Bertz CT molecular complexity index is 132. The highest BCUT2D eigenvalue weighted by Crippen LogP contribution is 2.28. The molecule has 0 aromatic heterocycles. The second-order valence-electron chi connectivity index (χ2n) is 4.97. The van der Waals surface area contributed by atoms with Crippen LogP contribution in [-0.2, 0) is 0 Å². The van der Waals surface area contributed by atoms with Crippen LogP contribution in [0.2, 0.25) is 0 Å². The molecule has 0 aromatic rings. The van der Waals surface area contributed by atoms with Crippen LogP contribution in [0.1, 0.15) is 59.3 Å². The minimum absolute atomic E-state index is 0.477. The van der Waals surface area contributed by atoms with Gasteiger partial charge >= 0.3 is 0 Å². The fraction of sp³-hybridized carbons (Fsp3) is 1.00. The molecule has 1 heteroatoms. The minimum Gasteiger partial charge on any atom is -0.311 e. The van der Waals surface area contributed by atoms with Crippen molar-refractivity contribution in [1.82, 2.24) is 5.32 Å². The summed E-state index contributed by atoms with van der Waals surface area (Å²) in [4.78, 5) is 0. The van der Waals surface area contributed by atoms with E-state index < -0.39 is 0 Å². The number of hydrogen-bond donors (Lipinski definition) is 1. The van der Waals surface area contributed by atoms with E-state index in [4.69, 9.17) is 0 Å². The quantitative estimate of drug-likeness (QED) is 0.707. The third-order valence-electron chi connectivity index (χ3n) is 3.31. The molecule has 1 aliphatic heterocycles. The molecule has 0 spiro atoms. The summed E-state index contributed by atoms with van der Waals surface area (Å²) in [5.74, 6) is 0.825. The molecule has 0 radical (unpaired) electrons. The van der Waals surface area contributed by atoms with Crippen molar-refractivity contribution in [2.45, 2.75) is 64.8 Å². The Morgan fingerprint density at radius 1 is 1.23 bits per heavy atom. The van der Waals surface area contributed by atoms with Crippen LogP contribution < -0.4 is 5.32 Å². The highest BCUT2D eigenvalue weighted by molar-refractivity contribution is 4.89. The summed E-state index contributed by atoms with van der Waals surface area (Å²) < 4.78 is 0. The van der Waals surface area contributed by atoms with Crippen molar-refractivity contribution in [1.29, 1.82) is 0 Å². The zero-order chi connectivity index (χ0) is 9.73. The summed E-state index contributed by atoms with van der Waals surface area (Å²) in [5, 5.41) is 3.78. The van der Waals surface area contributed by atoms with E-state index in [0.29, 0.717) is 5.54 Å². The number of nitrogens with one attached hydrogen (secondary N) is 1. The average Bonchev–Trinajstić information content (AvgIpc) is 2.30. The van der Waals surface area contributed by atoms with Gasteiger partial charge in [0.1, 0.15) is 0 Å². The maximum absolute atomic E-state index is 3.78. The largest absolute Gasteiger partial charge is 0.311 e. The van der Waals surface area contributed by atoms with E-state index >= 15 is 0 Å². The first-order valence-electron chi connectivity index (χ1n) is 5.93. The van der Waals surface area contributed by atoms with Crippen LogP contribution in [0.4, 0.5) is 0 Å². The van der Waals surface area contributed by atoms with E-state index in [1.54, 1.807) is 0 Å². The van der Waals surface area contributed by atoms with Gasteiger partial charge < -0.3 is 5.32 Å². The third kappa shape index (κ3) is 3.30. The van der Waals surface area contributed by atoms with E-state index in [1.165, 1.54) is 45.1 Å². The molecule has 1 rings (SSSR count). The van der Waals surface area contributed by atoms with Gasteiger partial charge in [0.2, 0.25) is 0 Å². The second kappa shape index (κ2) is 4.99. The maximum Gasteiger partial charge on any atom is 0.0181 e. The molecule has 13 heavy (non-hydrogen) atoms. The molecule has 1 N–H and O–H groups in total. The predicted molar refractivity (Wildman–Crippen MR) is 58.9 cm³/mol. The Morgan fingerprint density at radius 3 is 2.62 bits per heavy atom. The molecule has 1 unspecified atom stereocenters. The Hall–Kier alpha value is -0.0400. The topological polar surface area (TPSA) is 12.0 Å². The Balaban J connectivity index is 2.53. The van der Waals surface area contributed by atoms with Gasteiger partial charge in [-0.2, -0.15) is 0 Å². The summed E-state index contributed by atoms with van der Waals surface area (Å²) in [6.45, 7) is 8.25. The van der Waals surface area contributed by atoms with Gasteiger partial charge in [-0.25, -0.2) is 0 Å². The second-order valence-corrected chi connectivity index (χ2v) is 4.97. The van der Waals surface area contributed by atoms with Crippen molar-refractivity contribution in [3.8, 4) is 0 Å². The highest BCUT2D eigenvalue weighted by atomic mass is 15.0. The smallest absolute Gasteiger partial charge is 0.0181 e. The third-order valence-corrected chi connectivity index (χ3v) is 3.31. The van der Waals surface area contributed by atoms with E-state index in [-0.39, 0.29) is 0 Å². The minimum atomic E-state index is 0.477. The Kier molecular flexibility index (Phi) is 4.24. The van der Waals surface area contributed by atoms with Crippen LogP contribution in [0, 0.1) is 5.92 Å². The van der Waals surface area contributed by atoms with Crippen molar-refractivity contribution < 1.29 is 0 Å². The summed E-state index contributed by atoms with van der Waals surface area (Å²) >= 11 is 0. The SMILES string of the molecule is CCC1(CC(C)C)CCCCCN1. The van der Waals surface area contributed by atoms with E-state index in [0.717, 1.165) is 5.92 Å². The highest BCUT2D eigenvalue weighted by Gasteiger charge is 2.28. The lowest BCUT2D eigenvalue weighted by molar-refractivity contribution is 0.250. The lowest BCUT2D eigenvalue weighted by atomic mass is 9.83. The van der Waals surface area contributed by atoms with Crippen LogP contribution >= 0.6 is 0 Å². The molecule has 0 bridgehead atoms. The zero-order valence-electron chi connectivity index (χ0n) is 9.53. The van der Waals surface area contributed by atoms with Crippen LogP contribution in [0.3, 0.4) is 0 Å². The molecule has 0 aliphatic carbocycles. The maximum atomic E-state index is 3.78. The molecular formula is C12H25N. The molecule has 78 valence electrons. The molecule has 1 saturated heterocycles. The lowest BCUT2D eigenvalue weighted by Crippen LogP contribution is -2.45. The summed E-state index contributed by atoms with van der Waals surface area (Å²) in [6, 6.07) is 0. The standard InChI is InChI=1S/C12H25N/c1-4-12(10-11(2)3)8-6-5-7-9-13-12/h11,13H,4-10H2,1-3H3. The molecule has 1 fully saturated rings. The normalized spacial score (nSPS) is 30.5. The van der Waals surface area contributed by atoms with Crippen LogP contribution in [-0.4, -0.2) is 12.1 Å². The molecule has 0 aromatic carbocycles. The van der Waals surface area contributed by atoms with Gasteiger partial charge in [-0.3, -0.25) is 0 Å². The molecule has 1 nitrogen and oxygen atoms in total. The van der Waals surface area contributed by atoms with Crippen molar-refractivity contribution >= 4 is 0 Å². The Morgan fingerprint density at radius 2 is 2.00 bits per heavy atom. The summed E-state index contributed by atoms with van der Waals surface area (Å²) in [7, 11) is 0. The molecule has 0 saturated carbocycles. The first-order valence-corrected chi connectivity index (χ1v) is 5.93. The van der Waals surface area contributed by atoms with Crippen molar-refractivity contribution in [3.05, 3.63) is 0 Å². The van der Waals surface area contributed by atoms with Gasteiger partial charge in [0.05, 0.1) is 0 Å². The van der Waals surface area contributed by atoms with Gasteiger partial charge in [-0.15, -0.1) is 0 Å². The average molecular weight is 183 g/mol. The monoisotopic (exact) mass is 183 g/mol. The summed E-state index contributed by atoms with van der Waals surface area (Å²) in [6.07, 6.45) is 8.26. The fourth-order valence-corrected chi connectivity index (χ4v) is 2.61. The van der Waals surface area contributed by atoms with Crippen LogP contribution in [0.5, 0.6) is 0 Å². The van der Waals surface area contributed by atoms with Gasteiger partial charge in [0.25, 0.3) is 0 Å². The van der Waals surface area contributed by atoms with E-state index in [9.17, 15) is 0 Å². The van der Waals surface area contributed by atoms with Gasteiger partial charge in [-0.1, -0.05) is 33.6 Å². The first-order chi connectivity index (χ1) is 6.18. The first kappa shape index (κ1) is 11.0. The predicted octanol–water partition coefficient (Wildman–Crippen LogP) is 3.34. The number of rotatable bonds is 3. The van der Waals surface area contributed by atoms with Crippen LogP contribution in [0.15, 0.2) is 0 Å². The lowest BCUT2D eigenvalue weighted by Gasteiger charge is -2.34. The molecule has 1 heterocycles. The fourth-order valence-electron chi connectivity index (χ4n) is 2.61. The zero-order valence-corrected chi connectivity index (χ0v) is 9.53. The van der Waals surface area contributed by atoms with Crippen molar-refractivity contribution in [2.24, 2.45) is 5.92 Å². The molecule has 0 amide bonds. The molecule has 1 atom stereocenters. The van der Waals surface area contributed by atoms with Crippen LogP contribution in [0.25, 0.3) is 0 Å². The van der Waals surface area contributed by atoms with Crippen molar-refractivity contribution in [3.63, 3.8) is 0 Å². The van der Waals surface area contributed by atoms with Gasteiger partial charge in [-0.05, 0) is 38.1 Å². The molecule has 1 aliphatic rings.